The number of nitrogens with zero attached hydrogens (tertiary/aromatic N) is 3. The summed E-state index contributed by atoms with van der Waals surface area (Å²) in [5.41, 5.74) is -5.72. The predicted octanol–water partition coefficient (Wildman–Crippen LogP) is 7.04. The van der Waals surface area contributed by atoms with Crippen molar-refractivity contribution in [1.82, 2.24) is 4.90 Å². The second-order valence-electron chi connectivity index (χ2n) is 9.81. The number of carbonyl (C=O) groups excluding carboxylic acids is 1. The van der Waals surface area contributed by atoms with Gasteiger partial charge in [0.2, 0.25) is 5.82 Å². The van der Waals surface area contributed by atoms with Gasteiger partial charge in [0.25, 0.3) is 5.69 Å². The van der Waals surface area contributed by atoms with Crippen molar-refractivity contribution in [3.05, 3.63) is 73.6 Å². The summed E-state index contributed by atoms with van der Waals surface area (Å²) in [6, 6.07) is 4.74. The van der Waals surface area contributed by atoms with E-state index in [4.69, 9.17) is 4.74 Å². The van der Waals surface area contributed by atoms with Crippen LogP contribution in [-0.4, -0.2) is 46.1 Å². The first kappa shape index (κ1) is 33.0. The highest BCUT2D eigenvalue weighted by Gasteiger charge is 2.38. The molecule has 1 saturated heterocycles. The van der Waals surface area contributed by atoms with Gasteiger partial charge >= 0.3 is 24.1 Å². The number of hydrogen-bond acceptors (Lipinski definition) is 7. The van der Waals surface area contributed by atoms with Crippen molar-refractivity contribution >= 4 is 23.2 Å². The summed E-state index contributed by atoms with van der Waals surface area (Å²) < 4.78 is 93.8. The molecule has 3 rings (SSSR count). The van der Waals surface area contributed by atoms with Crippen molar-refractivity contribution in [1.29, 1.82) is 0 Å². The van der Waals surface area contributed by atoms with Crippen LogP contribution in [0.4, 0.5) is 52.6 Å². The third-order valence-corrected chi connectivity index (χ3v) is 5.53. The summed E-state index contributed by atoms with van der Waals surface area (Å²) in [4.78, 5) is 32.7. The van der Waals surface area contributed by atoms with Gasteiger partial charge in [-0.3, -0.25) is 20.2 Å². The quantitative estimate of drug-likeness (QED) is 0.222. The topological polar surface area (TPSA) is 128 Å². The largest absolute Gasteiger partial charge is 0.444 e. The van der Waals surface area contributed by atoms with E-state index in [1.165, 1.54) is 4.90 Å². The average molecular weight is 598 g/mol. The molecule has 2 aromatic rings. The summed E-state index contributed by atoms with van der Waals surface area (Å²) in [6.07, 6.45) is -9.55. The maximum Gasteiger partial charge on any atom is 0.419 e. The van der Waals surface area contributed by atoms with Crippen LogP contribution in [-0.2, 0) is 17.1 Å². The molecule has 1 amide bonds. The molecule has 0 aromatic heterocycles. The number of halogens is 7. The molecule has 1 atom stereocenters. The van der Waals surface area contributed by atoms with Gasteiger partial charge in [-0.05, 0) is 45.2 Å². The van der Waals surface area contributed by atoms with E-state index in [1.54, 1.807) is 20.8 Å². The first-order valence-corrected chi connectivity index (χ1v) is 11.8. The van der Waals surface area contributed by atoms with Crippen molar-refractivity contribution < 1.29 is 50.1 Å². The Morgan fingerprint density at radius 1 is 0.951 bits per heavy atom. The highest BCUT2D eigenvalue weighted by Crippen LogP contribution is 2.40. The number of likely N-dealkylation sites (tertiary alicyclic amines) is 1. The lowest BCUT2D eigenvalue weighted by atomic mass is 10.1. The first-order valence-electron chi connectivity index (χ1n) is 11.8. The monoisotopic (exact) mass is 598 g/mol. The van der Waals surface area contributed by atoms with Crippen LogP contribution in [0.1, 0.15) is 38.3 Å². The standard InChI is InChI=1S/C17H22F3N3O4.C7H3F4NO2/c1-16(2,3)27-15(24)22-8-7-11(10-22)9-21-14-12(17(18,19)20)5-4-6-13(14)23(25)26;8-6-4(7(9,10)11)2-1-3-5(6)12(13)14/h4-6,11,21H,7-10H2,1-3H3;1-3H/t11-;/m0./s1. The van der Waals surface area contributed by atoms with E-state index in [9.17, 15) is 55.8 Å². The molecular formula is C24H25F7N4O6. The minimum Gasteiger partial charge on any atom is -0.444 e. The molecular weight excluding hydrogens is 573 g/mol. The second kappa shape index (κ2) is 12.6. The van der Waals surface area contributed by atoms with Crippen LogP contribution in [0.3, 0.4) is 0 Å². The number of nitro groups is 2. The molecule has 0 spiro atoms. The number of nitrogens with one attached hydrogen (secondary N) is 1. The molecule has 0 saturated carbocycles. The van der Waals surface area contributed by atoms with Crippen molar-refractivity contribution in [3.63, 3.8) is 0 Å². The molecule has 226 valence electrons. The van der Waals surface area contributed by atoms with E-state index >= 15 is 0 Å². The number of hydrogen-bond donors (Lipinski definition) is 1. The zero-order chi connectivity index (χ0) is 31.3. The minimum atomic E-state index is -4.92. The SMILES string of the molecule is CC(C)(C)OC(=O)N1CC[C@@H](CNc2c([N+](=O)[O-])cccc2C(F)(F)F)C1.O=[N+]([O-])c1cccc(C(F)(F)F)c1F. The van der Waals surface area contributed by atoms with E-state index in [0.29, 0.717) is 31.6 Å². The minimum absolute atomic E-state index is 0.0766. The summed E-state index contributed by atoms with van der Waals surface area (Å²) in [7, 11) is 0. The van der Waals surface area contributed by atoms with Crippen LogP contribution in [0.15, 0.2) is 36.4 Å². The number of rotatable bonds is 5. The molecule has 10 nitrogen and oxygen atoms in total. The maximum absolute atomic E-state index is 13.2. The lowest BCUT2D eigenvalue weighted by Gasteiger charge is -2.24. The number of anilines is 1. The Morgan fingerprint density at radius 2 is 1.46 bits per heavy atom. The maximum atomic E-state index is 13.2. The van der Waals surface area contributed by atoms with Gasteiger partial charge in [0.1, 0.15) is 11.3 Å². The van der Waals surface area contributed by atoms with Crippen LogP contribution in [0.5, 0.6) is 0 Å². The van der Waals surface area contributed by atoms with Crippen molar-refractivity contribution in [2.24, 2.45) is 5.92 Å². The lowest BCUT2D eigenvalue weighted by molar-refractivity contribution is -0.387. The van der Waals surface area contributed by atoms with Crippen LogP contribution in [0.2, 0.25) is 0 Å². The van der Waals surface area contributed by atoms with Gasteiger partial charge in [-0.1, -0.05) is 12.1 Å². The smallest absolute Gasteiger partial charge is 0.419 e. The Morgan fingerprint density at radius 3 is 1.95 bits per heavy atom. The van der Waals surface area contributed by atoms with Crippen molar-refractivity contribution in [3.8, 4) is 0 Å². The number of para-hydroxylation sites is 1. The normalized spacial score (nSPS) is 15.6. The van der Waals surface area contributed by atoms with E-state index in [-0.39, 0.29) is 12.5 Å². The molecule has 41 heavy (non-hydrogen) atoms. The molecule has 1 fully saturated rings. The molecule has 0 aliphatic carbocycles. The van der Waals surface area contributed by atoms with Gasteiger partial charge in [-0.25, -0.2) is 4.79 Å². The number of ether oxygens (including phenoxy) is 1. The molecule has 0 radical (unpaired) electrons. The molecule has 0 unspecified atom stereocenters. The van der Waals surface area contributed by atoms with E-state index in [0.717, 1.165) is 24.3 Å². The Balaban J connectivity index is 0.000000353. The number of benzene rings is 2. The summed E-state index contributed by atoms with van der Waals surface area (Å²) in [6.45, 7) is 6.04. The fraction of sp³-hybridized carbons (Fsp3) is 0.458. The van der Waals surface area contributed by atoms with Crippen LogP contribution in [0.25, 0.3) is 0 Å². The van der Waals surface area contributed by atoms with Gasteiger partial charge in [0, 0.05) is 31.8 Å². The van der Waals surface area contributed by atoms with Crippen LogP contribution in [0, 0.1) is 32.0 Å². The molecule has 17 heteroatoms. The van der Waals surface area contributed by atoms with Gasteiger partial charge < -0.3 is 15.0 Å². The highest BCUT2D eigenvalue weighted by atomic mass is 19.4. The molecule has 1 heterocycles. The number of amides is 1. The second-order valence-corrected chi connectivity index (χ2v) is 9.81. The van der Waals surface area contributed by atoms with Gasteiger partial charge in [-0.15, -0.1) is 0 Å². The third-order valence-electron chi connectivity index (χ3n) is 5.53. The molecule has 1 aliphatic rings. The Hall–Kier alpha value is -4.18. The van der Waals surface area contributed by atoms with Crippen molar-refractivity contribution in [2.45, 2.75) is 45.1 Å². The Bertz CT molecular complexity index is 1280. The zero-order valence-corrected chi connectivity index (χ0v) is 21.8. The lowest BCUT2D eigenvalue weighted by Crippen LogP contribution is -2.35. The average Bonchev–Trinajstić information content (AvgIpc) is 3.30. The Kier molecular flexibility index (Phi) is 10.1. The number of carbonyl (C=O) groups is 1. The summed E-state index contributed by atoms with van der Waals surface area (Å²) in [5.74, 6) is -2.00. The fourth-order valence-corrected chi connectivity index (χ4v) is 3.73. The zero-order valence-electron chi connectivity index (χ0n) is 21.8. The van der Waals surface area contributed by atoms with Crippen LogP contribution < -0.4 is 5.32 Å². The highest BCUT2D eigenvalue weighted by molar-refractivity contribution is 5.69. The number of alkyl halides is 6. The van der Waals surface area contributed by atoms with Gasteiger partial charge in [-0.2, -0.15) is 30.7 Å². The Labute approximate surface area is 228 Å². The predicted molar refractivity (Wildman–Crippen MR) is 131 cm³/mol. The van der Waals surface area contributed by atoms with E-state index in [2.05, 4.69) is 5.32 Å². The summed E-state index contributed by atoms with van der Waals surface area (Å²) in [5, 5.41) is 23.8. The van der Waals surface area contributed by atoms with Gasteiger partial charge in [0.15, 0.2) is 0 Å². The molecule has 2 aromatic carbocycles. The van der Waals surface area contributed by atoms with Crippen molar-refractivity contribution in [2.75, 3.05) is 25.0 Å². The van der Waals surface area contributed by atoms with Gasteiger partial charge in [0.05, 0.1) is 21.0 Å². The summed E-state index contributed by atoms with van der Waals surface area (Å²) >= 11 is 0. The van der Waals surface area contributed by atoms with Crippen LogP contribution >= 0.6 is 0 Å². The third kappa shape index (κ3) is 9.18. The number of nitro benzene ring substituents is 2. The van der Waals surface area contributed by atoms with E-state index in [1.807, 2.05) is 0 Å². The molecule has 1 aliphatic heterocycles. The fourth-order valence-electron chi connectivity index (χ4n) is 3.73. The first-order chi connectivity index (χ1) is 18.7. The molecule has 0 bridgehead atoms. The van der Waals surface area contributed by atoms with E-state index < -0.39 is 67.9 Å². The molecule has 1 N–H and O–H groups in total.